The second-order valence-corrected chi connectivity index (χ2v) is 3.96. The van der Waals surface area contributed by atoms with Gasteiger partial charge in [0, 0.05) is 11.5 Å². The zero-order valence-electron chi connectivity index (χ0n) is 9.67. The van der Waals surface area contributed by atoms with Crippen molar-refractivity contribution in [1.82, 2.24) is 5.32 Å². The van der Waals surface area contributed by atoms with Gasteiger partial charge in [-0.2, -0.15) is 0 Å². The number of hydrogen-bond acceptors (Lipinski definition) is 2. The lowest BCUT2D eigenvalue weighted by atomic mass is 9.95. The Bertz CT molecular complexity index is 520. The SMILES string of the molecule is O=C(O)CNC(=O)c1ccccc1C1C=CC=C1. The van der Waals surface area contributed by atoms with Crippen LogP contribution in [0.5, 0.6) is 0 Å². The quantitative estimate of drug-likeness (QED) is 0.846. The van der Waals surface area contributed by atoms with Gasteiger partial charge in [-0.15, -0.1) is 0 Å². The normalized spacial score (nSPS) is 13.8. The molecule has 0 aliphatic heterocycles. The standard InChI is InChI=1S/C14H13NO3/c16-13(17)9-15-14(18)12-8-4-3-7-11(12)10-5-1-2-6-10/h1-8,10H,9H2,(H,15,18)(H,16,17). The van der Waals surface area contributed by atoms with Crippen LogP contribution in [0.4, 0.5) is 0 Å². The van der Waals surface area contributed by atoms with Crippen LogP contribution in [-0.2, 0) is 4.79 Å². The minimum atomic E-state index is -1.05. The van der Waals surface area contributed by atoms with Crippen molar-refractivity contribution in [3.63, 3.8) is 0 Å². The van der Waals surface area contributed by atoms with Gasteiger partial charge in [0.2, 0.25) is 0 Å². The van der Waals surface area contributed by atoms with E-state index in [1.54, 1.807) is 12.1 Å². The number of carbonyl (C=O) groups is 2. The molecule has 0 saturated heterocycles. The summed E-state index contributed by atoms with van der Waals surface area (Å²) in [7, 11) is 0. The first-order valence-corrected chi connectivity index (χ1v) is 5.62. The third kappa shape index (κ3) is 2.66. The summed E-state index contributed by atoms with van der Waals surface area (Å²) in [4.78, 5) is 22.3. The van der Waals surface area contributed by atoms with Gasteiger partial charge < -0.3 is 10.4 Å². The third-order valence-electron chi connectivity index (χ3n) is 2.71. The highest BCUT2D eigenvalue weighted by molar-refractivity contribution is 5.97. The fraction of sp³-hybridized carbons (Fsp3) is 0.143. The topological polar surface area (TPSA) is 66.4 Å². The summed E-state index contributed by atoms with van der Waals surface area (Å²) in [5.41, 5.74) is 1.39. The maximum absolute atomic E-state index is 11.9. The van der Waals surface area contributed by atoms with Gasteiger partial charge in [0.25, 0.3) is 5.91 Å². The predicted molar refractivity (Wildman–Crippen MR) is 67.4 cm³/mol. The Kier molecular flexibility index (Phi) is 3.57. The highest BCUT2D eigenvalue weighted by atomic mass is 16.4. The smallest absolute Gasteiger partial charge is 0.322 e. The van der Waals surface area contributed by atoms with Crippen molar-refractivity contribution in [2.75, 3.05) is 6.54 Å². The fourth-order valence-electron chi connectivity index (χ4n) is 1.88. The van der Waals surface area contributed by atoms with E-state index in [-0.39, 0.29) is 18.4 Å². The molecule has 0 atom stereocenters. The number of carboxylic acids is 1. The summed E-state index contributed by atoms with van der Waals surface area (Å²) in [6, 6.07) is 7.21. The van der Waals surface area contributed by atoms with Crippen LogP contribution in [0, 0.1) is 0 Å². The van der Waals surface area contributed by atoms with Crippen LogP contribution in [0.15, 0.2) is 48.6 Å². The van der Waals surface area contributed by atoms with E-state index in [0.717, 1.165) is 5.56 Å². The summed E-state index contributed by atoms with van der Waals surface area (Å²) in [6.45, 7) is -0.372. The van der Waals surface area contributed by atoms with Gasteiger partial charge >= 0.3 is 5.97 Å². The van der Waals surface area contributed by atoms with Gasteiger partial charge in [-0.05, 0) is 11.6 Å². The largest absolute Gasteiger partial charge is 0.480 e. The van der Waals surface area contributed by atoms with E-state index >= 15 is 0 Å². The maximum atomic E-state index is 11.9. The molecule has 1 amide bonds. The predicted octanol–water partition coefficient (Wildman–Crippen LogP) is 1.71. The number of aliphatic carboxylic acids is 1. The molecule has 0 aromatic heterocycles. The summed E-state index contributed by atoms with van der Waals surface area (Å²) in [5, 5.41) is 10.9. The Hall–Kier alpha value is -2.36. The molecule has 18 heavy (non-hydrogen) atoms. The lowest BCUT2D eigenvalue weighted by molar-refractivity contribution is -0.135. The Morgan fingerprint density at radius 1 is 1.17 bits per heavy atom. The molecule has 4 heteroatoms. The van der Waals surface area contributed by atoms with Crippen molar-refractivity contribution in [3.05, 3.63) is 59.7 Å². The fourth-order valence-corrected chi connectivity index (χ4v) is 1.88. The van der Waals surface area contributed by atoms with E-state index < -0.39 is 5.97 Å². The van der Waals surface area contributed by atoms with Crippen molar-refractivity contribution in [1.29, 1.82) is 0 Å². The van der Waals surface area contributed by atoms with Crippen LogP contribution in [0.1, 0.15) is 21.8 Å². The zero-order chi connectivity index (χ0) is 13.0. The minimum absolute atomic E-state index is 0.0804. The van der Waals surface area contributed by atoms with Crippen molar-refractivity contribution in [2.45, 2.75) is 5.92 Å². The van der Waals surface area contributed by atoms with Gasteiger partial charge in [-0.3, -0.25) is 9.59 Å². The van der Waals surface area contributed by atoms with Crippen molar-refractivity contribution >= 4 is 11.9 Å². The Morgan fingerprint density at radius 3 is 2.50 bits per heavy atom. The number of rotatable bonds is 4. The molecule has 92 valence electrons. The molecule has 0 bridgehead atoms. The monoisotopic (exact) mass is 243 g/mol. The minimum Gasteiger partial charge on any atom is -0.480 e. The van der Waals surface area contributed by atoms with Crippen molar-refractivity contribution < 1.29 is 14.7 Å². The average Bonchev–Trinajstić information content (AvgIpc) is 2.89. The molecule has 0 heterocycles. The van der Waals surface area contributed by atoms with Crippen molar-refractivity contribution in [2.24, 2.45) is 0 Å². The molecular formula is C14H13NO3. The molecule has 2 rings (SSSR count). The molecule has 0 saturated carbocycles. The summed E-state index contributed by atoms with van der Waals surface area (Å²) in [5.74, 6) is -1.33. The van der Waals surface area contributed by atoms with Crippen LogP contribution in [0.2, 0.25) is 0 Å². The maximum Gasteiger partial charge on any atom is 0.322 e. The van der Waals surface area contributed by atoms with E-state index in [4.69, 9.17) is 5.11 Å². The van der Waals surface area contributed by atoms with E-state index in [9.17, 15) is 9.59 Å². The van der Waals surface area contributed by atoms with Gasteiger partial charge in [-0.1, -0.05) is 42.5 Å². The highest BCUT2D eigenvalue weighted by Gasteiger charge is 2.16. The molecular weight excluding hydrogens is 230 g/mol. The zero-order valence-corrected chi connectivity index (χ0v) is 9.67. The molecule has 1 aliphatic carbocycles. The van der Waals surface area contributed by atoms with Crippen LogP contribution >= 0.6 is 0 Å². The van der Waals surface area contributed by atoms with Crippen LogP contribution in [0.3, 0.4) is 0 Å². The van der Waals surface area contributed by atoms with Gasteiger partial charge in [-0.25, -0.2) is 0 Å². The lowest BCUT2D eigenvalue weighted by Crippen LogP contribution is -2.30. The first-order chi connectivity index (χ1) is 8.68. The molecule has 0 radical (unpaired) electrons. The first-order valence-electron chi connectivity index (χ1n) is 5.62. The Labute approximate surface area is 105 Å². The second kappa shape index (κ2) is 5.31. The van der Waals surface area contributed by atoms with Gasteiger partial charge in [0.15, 0.2) is 0 Å². The number of amides is 1. The Balaban J connectivity index is 2.21. The van der Waals surface area contributed by atoms with Gasteiger partial charge in [0.05, 0.1) is 0 Å². The second-order valence-electron chi connectivity index (χ2n) is 3.96. The number of benzene rings is 1. The number of nitrogens with one attached hydrogen (secondary N) is 1. The van der Waals surface area contributed by atoms with E-state index in [2.05, 4.69) is 5.32 Å². The van der Waals surface area contributed by atoms with E-state index in [1.165, 1.54) is 0 Å². The number of allylic oxidation sites excluding steroid dienone is 4. The molecule has 0 fully saturated rings. The molecule has 2 N–H and O–H groups in total. The van der Waals surface area contributed by atoms with Crippen LogP contribution < -0.4 is 5.32 Å². The molecule has 0 spiro atoms. The van der Waals surface area contributed by atoms with Crippen molar-refractivity contribution in [3.8, 4) is 0 Å². The molecule has 1 aromatic rings. The summed E-state index contributed by atoms with van der Waals surface area (Å²) < 4.78 is 0. The van der Waals surface area contributed by atoms with E-state index in [0.29, 0.717) is 5.56 Å². The molecule has 0 unspecified atom stereocenters. The Morgan fingerprint density at radius 2 is 1.83 bits per heavy atom. The molecule has 4 nitrogen and oxygen atoms in total. The number of carboxylic acid groups (broad SMARTS) is 1. The van der Waals surface area contributed by atoms with E-state index in [1.807, 2.05) is 36.4 Å². The summed E-state index contributed by atoms with van der Waals surface area (Å²) >= 11 is 0. The average molecular weight is 243 g/mol. The van der Waals surface area contributed by atoms with Gasteiger partial charge in [0.1, 0.15) is 6.54 Å². The summed E-state index contributed by atoms with van der Waals surface area (Å²) in [6.07, 6.45) is 7.83. The molecule has 1 aromatic carbocycles. The van der Waals surface area contributed by atoms with Crippen LogP contribution in [0.25, 0.3) is 0 Å². The number of carbonyl (C=O) groups excluding carboxylic acids is 1. The third-order valence-corrected chi connectivity index (χ3v) is 2.71. The van der Waals surface area contributed by atoms with Crippen LogP contribution in [-0.4, -0.2) is 23.5 Å². The lowest BCUT2D eigenvalue weighted by Gasteiger charge is -2.12. The number of hydrogen-bond donors (Lipinski definition) is 2. The highest BCUT2D eigenvalue weighted by Crippen LogP contribution is 2.25. The molecule has 1 aliphatic rings. The first kappa shape index (κ1) is 12.1.